The molecule has 1 saturated heterocycles. The summed E-state index contributed by atoms with van der Waals surface area (Å²) in [7, 11) is 0. The lowest BCUT2D eigenvalue weighted by molar-refractivity contribution is -0.262. The van der Waals surface area contributed by atoms with E-state index in [-0.39, 0.29) is 6.61 Å². The Morgan fingerprint density at radius 2 is 1.13 bits per heavy atom. The van der Waals surface area contributed by atoms with Crippen molar-refractivity contribution >= 4 is 35.5 Å². The van der Waals surface area contributed by atoms with Crippen LogP contribution in [-0.2, 0) is 49.3 Å². The lowest BCUT2D eigenvalue weighted by atomic mass is 9.88. The van der Waals surface area contributed by atoms with E-state index in [0.29, 0.717) is 23.6 Å². The summed E-state index contributed by atoms with van der Waals surface area (Å²) in [5, 5.41) is 0.500. The van der Waals surface area contributed by atoms with Crippen molar-refractivity contribution in [3.05, 3.63) is 64.2 Å². The SMILES string of the molecule is CCOc1ccc(Cc2cc(C3OC(COC(=O)C(C)(C)C)C(OC(=O)C(C)(C)C)C(OC(=O)C(C)(C)C)C3OC(=O)C(C)(C)C)ccc2Cl)cc1. The number of rotatable bonds is 10. The lowest BCUT2D eigenvalue weighted by Crippen LogP contribution is -2.61. The van der Waals surface area contributed by atoms with Gasteiger partial charge in [-0.25, -0.2) is 0 Å². The molecule has 11 heteroatoms. The van der Waals surface area contributed by atoms with Gasteiger partial charge in [0.2, 0.25) is 0 Å². The molecule has 1 heterocycles. The maximum Gasteiger partial charge on any atom is 0.311 e. The molecule has 5 atom stereocenters. The van der Waals surface area contributed by atoms with Crippen LogP contribution in [0.15, 0.2) is 42.5 Å². The molecule has 0 aliphatic carbocycles. The summed E-state index contributed by atoms with van der Waals surface area (Å²) >= 11 is 6.74. The van der Waals surface area contributed by atoms with Gasteiger partial charge < -0.3 is 28.4 Å². The predicted molar refractivity (Wildman–Crippen MR) is 198 cm³/mol. The van der Waals surface area contributed by atoms with Crippen LogP contribution in [0.4, 0.5) is 0 Å². The molecule has 2 aromatic carbocycles. The molecule has 0 bridgehead atoms. The van der Waals surface area contributed by atoms with Gasteiger partial charge in [0.1, 0.15) is 24.6 Å². The zero-order valence-electron chi connectivity index (χ0n) is 33.0. The molecule has 3 rings (SSSR count). The topological polar surface area (TPSA) is 124 Å². The molecule has 52 heavy (non-hydrogen) atoms. The molecule has 1 fully saturated rings. The quantitative estimate of drug-likeness (QED) is 0.174. The number of carbonyl (C=O) groups excluding carboxylic acids is 4. The van der Waals surface area contributed by atoms with Crippen molar-refractivity contribution in [1.29, 1.82) is 0 Å². The highest BCUT2D eigenvalue weighted by atomic mass is 35.5. The minimum atomic E-state index is -1.35. The van der Waals surface area contributed by atoms with Crippen LogP contribution in [0.2, 0.25) is 5.02 Å². The molecular formula is C41H57ClO10. The Bertz CT molecular complexity index is 1570. The van der Waals surface area contributed by atoms with E-state index in [2.05, 4.69) is 0 Å². The maximum atomic E-state index is 13.6. The highest BCUT2D eigenvalue weighted by Crippen LogP contribution is 2.41. The standard InChI is InChI=1S/C41H57ClO10/c1-14-47-27-18-15-24(16-19-27)21-26-22-25(17-20-28(26)42)30-32(51-36(45)40(8,9)10)33(52-37(46)41(11,12)13)31(50-35(44)39(5,6)7)29(49-30)23-48-34(43)38(2,3)4/h15-20,22,29-33H,14,21,23H2,1-13H3. The van der Waals surface area contributed by atoms with Crippen LogP contribution in [0.25, 0.3) is 0 Å². The van der Waals surface area contributed by atoms with Gasteiger partial charge >= 0.3 is 23.9 Å². The van der Waals surface area contributed by atoms with E-state index in [1.54, 1.807) is 95.2 Å². The summed E-state index contributed by atoms with van der Waals surface area (Å²) in [6.45, 7) is 22.5. The molecule has 0 aromatic heterocycles. The van der Waals surface area contributed by atoms with Crippen LogP contribution in [-0.4, -0.2) is 61.5 Å². The Balaban J connectivity index is 2.23. The van der Waals surface area contributed by atoms with Crippen molar-refractivity contribution in [3.8, 4) is 5.75 Å². The first-order chi connectivity index (χ1) is 23.8. The highest BCUT2D eigenvalue weighted by Gasteiger charge is 2.55. The first kappa shape index (κ1) is 42.8. The van der Waals surface area contributed by atoms with Gasteiger partial charge in [0.15, 0.2) is 18.3 Å². The first-order valence-electron chi connectivity index (χ1n) is 17.8. The van der Waals surface area contributed by atoms with Crippen molar-refractivity contribution in [2.24, 2.45) is 21.7 Å². The number of hydrogen-bond donors (Lipinski definition) is 0. The Hall–Kier alpha value is -3.63. The fourth-order valence-corrected chi connectivity index (χ4v) is 5.18. The molecule has 0 saturated carbocycles. The molecule has 10 nitrogen and oxygen atoms in total. The zero-order chi connectivity index (χ0) is 39.4. The number of benzene rings is 2. The Kier molecular flexibility index (Phi) is 13.6. The van der Waals surface area contributed by atoms with Gasteiger partial charge in [0.05, 0.1) is 28.3 Å². The van der Waals surface area contributed by atoms with Crippen molar-refractivity contribution in [2.45, 2.75) is 127 Å². The fourth-order valence-electron chi connectivity index (χ4n) is 4.99. The van der Waals surface area contributed by atoms with Crippen LogP contribution < -0.4 is 4.74 Å². The van der Waals surface area contributed by atoms with Crippen molar-refractivity contribution in [2.75, 3.05) is 13.2 Å². The van der Waals surface area contributed by atoms with Crippen LogP contribution in [0.3, 0.4) is 0 Å². The monoisotopic (exact) mass is 744 g/mol. The second-order valence-corrected chi connectivity index (χ2v) is 17.8. The van der Waals surface area contributed by atoms with E-state index in [1.165, 1.54) is 0 Å². The summed E-state index contributed by atoms with van der Waals surface area (Å²) in [5.41, 5.74) is -1.47. The minimum absolute atomic E-state index is 0.342. The second kappa shape index (κ2) is 16.6. The summed E-state index contributed by atoms with van der Waals surface area (Å²) in [4.78, 5) is 53.8. The Morgan fingerprint density at radius 3 is 1.62 bits per heavy atom. The van der Waals surface area contributed by atoms with Gasteiger partial charge in [0, 0.05) is 5.02 Å². The highest BCUT2D eigenvalue weighted by molar-refractivity contribution is 6.31. The van der Waals surface area contributed by atoms with E-state index in [4.69, 9.17) is 40.0 Å². The van der Waals surface area contributed by atoms with Crippen LogP contribution >= 0.6 is 11.6 Å². The van der Waals surface area contributed by atoms with E-state index < -0.39 is 76.1 Å². The smallest absolute Gasteiger partial charge is 0.311 e. The van der Waals surface area contributed by atoms with E-state index in [1.807, 2.05) is 37.3 Å². The molecule has 0 amide bonds. The van der Waals surface area contributed by atoms with Gasteiger partial charge in [-0.1, -0.05) is 35.9 Å². The Morgan fingerprint density at radius 1 is 0.654 bits per heavy atom. The average Bonchev–Trinajstić information content (AvgIpc) is 3.01. The normalized spacial score (nSPS) is 21.2. The molecular weight excluding hydrogens is 688 g/mol. The van der Waals surface area contributed by atoms with Gasteiger partial charge in [-0.15, -0.1) is 0 Å². The van der Waals surface area contributed by atoms with Crippen molar-refractivity contribution < 1.29 is 47.6 Å². The number of hydrogen-bond acceptors (Lipinski definition) is 10. The number of esters is 4. The molecule has 0 radical (unpaired) electrons. The molecule has 0 N–H and O–H groups in total. The number of halogens is 1. The average molecular weight is 745 g/mol. The molecule has 1 aliphatic heterocycles. The predicted octanol–water partition coefficient (Wildman–Crippen LogP) is 8.23. The molecule has 2 aromatic rings. The molecule has 288 valence electrons. The summed E-state index contributed by atoms with van der Waals surface area (Å²) < 4.78 is 36.5. The maximum absolute atomic E-state index is 13.6. The minimum Gasteiger partial charge on any atom is -0.494 e. The largest absolute Gasteiger partial charge is 0.494 e. The summed E-state index contributed by atoms with van der Waals surface area (Å²) in [6, 6.07) is 13.0. The Labute approximate surface area is 314 Å². The molecule has 0 spiro atoms. The van der Waals surface area contributed by atoms with Crippen molar-refractivity contribution in [3.63, 3.8) is 0 Å². The molecule has 5 unspecified atom stereocenters. The zero-order valence-corrected chi connectivity index (χ0v) is 33.8. The summed E-state index contributed by atoms with van der Waals surface area (Å²) in [5.74, 6) is -1.59. The van der Waals surface area contributed by atoms with Gasteiger partial charge in [0.25, 0.3) is 0 Å². The van der Waals surface area contributed by atoms with Crippen molar-refractivity contribution in [1.82, 2.24) is 0 Å². The van der Waals surface area contributed by atoms with Gasteiger partial charge in [-0.2, -0.15) is 0 Å². The van der Waals surface area contributed by atoms with Crippen LogP contribution in [0.5, 0.6) is 5.75 Å². The second-order valence-electron chi connectivity index (χ2n) is 17.4. The third-order valence-corrected chi connectivity index (χ3v) is 8.59. The van der Waals surface area contributed by atoms with Gasteiger partial charge in [-0.05, 0) is 131 Å². The van der Waals surface area contributed by atoms with E-state index in [9.17, 15) is 19.2 Å². The van der Waals surface area contributed by atoms with Crippen LogP contribution in [0.1, 0.15) is 113 Å². The van der Waals surface area contributed by atoms with E-state index in [0.717, 1.165) is 16.9 Å². The first-order valence-corrected chi connectivity index (χ1v) is 18.2. The summed E-state index contributed by atoms with van der Waals surface area (Å²) in [6.07, 6.45) is -5.70. The third kappa shape index (κ3) is 11.4. The van der Waals surface area contributed by atoms with Gasteiger partial charge in [-0.3, -0.25) is 19.2 Å². The fraction of sp³-hybridized carbons (Fsp3) is 0.610. The number of ether oxygens (including phenoxy) is 6. The number of carbonyl (C=O) groups is 4. The lowest BCUT2D eigenvalue weighted by Gasteiger charge is -2.46. The van der Waals surface area contributed by atoms with Crippen LogP contribution in [0, 0.1) is 21.7 Å². The molecule has 1 aliphatic rings. The third-order valence-electron chi connectivity index (χ3n) is 8.22. The van der Waals surface area contributed by atoms with E-state index >= 15 is 0 Å².